The van der Waals surface area contributed by atoms with Gasteiger partial charge in [0.15, 0.2) is 0 Å². The Morgan fingerprint density at radius 1 is 1.35 bits per heavy atom. The fourth-order valence-corrected chi connectivity index (χ4v) is 3.01. The predicted molar refractivity (Wildman–Crippen MR) is 71.1 cm³/mol. The summed E-state index contributed by atoms with van der Waals surface area (Å²) in [5, 5.41) is 13.4. The highest BCUT2D eigenvalue weighted by Gasteiger charge is 2.34. The third kappa shape index (κ3) is 2.81. The van der Waals surface area contributed by atoms with Gasteiger partial charge in [0.25, 0.3) is 0 Å². The Morgan fingerprint density at radius 3 is 2.76 bits per heavy atom. The van der Waals surface area contributed by atoms with Gasteiger partial charge in [-0.15, -0.1) is 0 Å². The van der Waals surface area contributed by atoms with E-state index in [1.807, 2.05) is 12.1 Å². The molecule has 1 aliphatic rings. The van der Waals surface area contributed by atoms with Gasteiger partial charge in [0.2, 0.25) is 0 Å². The maximum absolute atomic E-state index is 9.66. The minimum atomic E-state index is 0.0746. The second-order valence-corrected chi connectivity index (χ2v) is 5.61. The molecule has 1 fully saturated rings. The lowest BCUT2D eigenvalue weighted by molar-refractivity contribution is 0.213. The van der Waals surface area contributed by atoms with Crippen molar-refractivity contribution in [2.45, 2.75) is 45.1 Å². The van der Waals surface area contributed by atoms with E-state index >= 15 is 0 Å². The molecule has 0 amide bonds. The largest absolute Gasteiger partial charge is 0.508 e. The highest BCUT2D eigenvalue weighted by molar-refractivity contribution is 5.33. The molecule has 0 aromatic heterocycles. The van der Waals surface area contributed by atoms with E-state index in [9.17, 15) is 5.11 Å². The quantitative estimate of drug-likeness (QED) is 0.838. The van der Waals surface area contributed by atoms with Crippen LogP contribution in [0.3, 0.4) is 0 Å². The maximum Gasteiger partial charge on any atom is 0.115 e. The van der Waals surface area contributed by atoms with Crippen molar-refractivity contribution in [2.24, 2.45) is 5.92 Å². The molecule has 1 unspecified atom stereocenters. The van der Waals surface area contributed by atoms with Crippen LogP contribution in [0.1, 0.15) is 45.1 Å². The van der Waals surface area contributed by atoms with Crippen molar-refractivity contribution in [3.8, 4) is 5.75 Å². The Kier molecular flexibility index (Phi) is 3.72. The minimum absolute atomic E-state index is 0.0746. The van der Waals surface area contributed by atoms with E-state index in [0.29, 0.717) is 11.7 Å². The van der Waals surface area contributed by atoms with Gasteiger partial charge in [-0.05, 0) is 49.4 Å². The smallest absolute Gasteiger partial charge is 0.115 e. The van der Waals surface area contributed by atoms with E-state index in [4.69, 9.17) is 0 Å². The van der Waals surface area contributed by atoms with Crippen LogP contribution in [0.15, 0.2) is 24.3 Å². The van der Waals surface area contributed by atoms with E-state index in [2.05, 4.69) is 25.2 Å². The van der Waals surface area contributed by atoms with E-state index in [0.717, 1.165) is 13.0 Å². The molecule has 2 N–H and O–H groups in total. The molecule has 2 heteroatoms. The van der Waals surface area contributed by atoms with Crippen molar-refractivity contribution in [3.05, 3.63) is 29.8 Å². The van der Waals surface area contributed by atoms with E-state index in [-0.39, 0.29) is 5.54 Å². The number of nitrogens with one attached hydrogen (secondary N) is 1. The summed E-state index contributed by atoms with van der Waals surface area (Å²) in [5.74, 6) is 1.03. The van der Waals surface area contributed by atoms with Crippen molar-refractivity contribution in [1.29, 1.82) is 0 Å². The van der Waals surface area contributed by atoms with E-state index < -0.39 is 0 Å². The Labute approximate surface area is 104 Å². The van der Waals surface area contributed by atoms with Gasteiger partial charge in [-0.2, -0.15) is 0 Å². The molecule has 0 bridgehead atoms. The van der Waals surface area contributed by atoms with Crippen molar-refractivity contribution in [1.82, 2.24) is 5.32 Å². The van der Waals surface area contributed by atoms with Gasteiger partial charge in [0.1, 0.15) is 5.75 Å². The van der Waals surface area contributed by atoms with Crippen molar-refractivity contribution < 1.29 is 5.11 Å². The zero-order valence-corrected chi connectivity index (χ0v) is 10.9. The second-order valence-electron chi connectivity index (χ2n) is 5.61. The lowest BCUT2D eigenvalue weighted by Crippen LogP contribution is -2.46. The highest BCUT2D eigenvalue weighted by Crippen LogP contribution is 2.37. The summed E-state index contributed by atoms with van der Waals surface area (Å²) in [6, 6.07) is 7.75. The van der Waals surface area contributed by atoms with Gasteiger partial charge in [-0.25, -0.2) is 0 Å². The molecule has 0 aliphatic carbocycles. The topological polar surface area (TPSA) is 32.3 Å². The summed E-state index contributed by atoms with van der Waals surface area (Å²) >= 11 is 0. The average molecular weight is 233 g/mol. The molecule has 0 radical (unpaired) electrons. The third-order valence-electron chi connectivity index (χ3n) is 3.65. The van der Waals surface area contributed by atoms with Crippen LogP contribution in [-0.4, -0.2) is 11.7 Å². The first-order chi connectivity index (χ1) is 8.12. The van der Waals surface area contributed by atoms with Crippen LogP contribution in [0.4, 0.5) is 0 Å². The number of hydrogen-bond donors (Lipinski definition) is 2. The lowest BCUT2D eigenvalue weighted by atomic mass is 9.76. The first-order valence-corrected chi connectivity index (χ1v) is 6.67. The minimum Gasteiger partial charge on any atom is -0.508 e. The third-order valence-corrected chi connectivity index (χ3v) is 3.65. The lowest BCUT2D eigenvalue weighted by Gasteiger charge is -2.40. The normalized spacial score (nSPS) is 25.1. The van der Waals surface area contributed by atoms with Crippen LogP contribution in [0.5, 0.6) is 5.75 Å². The zero-order chi connectivity index (χ0) is 12.3. The number of benzene rings is 1. The molecule has 0 spiro atoms. The molecule has 1 aromatic rings. The van der Waals surface area contributed by atoms with Crippen molar-refractivity contribution in [2.75, 3.05) is 6.54 Å². The van der Waals surface area contributed by atoms with Crippen molar-refractivity contribution in [3.63, 3.8) is 0 Å². The molecule has 2 rings (SSSR count). The number of rotatable bonds is 3. The van der Waals surface area contributed by atoms with Gasteiger partial charge in [0.05, 0.1) is 0 Å². The number of phenolic OH excluding ortho intramolecular Hbond substituents is 1. The van der Waals surface area contributed by atoms with Gasteiger partial charge in [0, 0.05) is 5.54 Å². The fraction of sp³-hybridized carbons (Fsp3) is 0.600. The number of piperidine rings is 1. The molecule has 17 heavy (non-hydrogen) atoms. The summed E-state index contributed by atoms with van der Waals surface area (Å²) < 4.78 is 0. The summed E-state index contributed by atoms with van der Waals surface area (Å²) in [6.07, 6.45) is 4.85. The monoisotopic (exact) mass is 233 g/mol. The Morgan fingerprint density at radius 2 is 2.18 bits per heavy atom. The van der Waals surface area contributed by atoms with Gasteiger partial charge < -0.3 is 10.4 Å². The molecule has 1 aromatic carbocycles. The first-order valence-electron chi connectivity index (χ1n) is 6.67. The van der Waals surface area contributed by atoms with E-state index in [1.54, 1.807) is 6.07 Å². The number of phenols is 1. The maximum atomic E-state index is 9.66. The van der Waals surface area contributed by atoms with Gasteiger partial charge in [-0.3, -0.25) is 0 Å². The predicted octanol–water partition coefficient (Wildman–Crippen LogP) is 3.41. The van der Waals surface area contributed by atoms with Crippen LogP contribution in [0.25, 0.3) is 0 Å². The molecular formula is C15H23NO. The summed E-state index contributed by atoms with van der Waals surface area (Å²) in [5.41, 5.74) is 1.32. The van der Waals surface area contributed by atoms with Crippen LogP contribution in [0, 0.1) is 5.92 Å². The highest BCUT2D eigenvalue weighted by atomic mass is 16.3. The molecule has 0 saturated carbocycles. The molecular weight excluding hydrogens is 210 g/mol. The molecule has 2 nitrogen and oxygen atoms in total. The molecule has 94 valence electrons. The van der Waals surface area contributed by atoms with Crippen LogP contribution in [-0.2, 0) is 5.54 Å². The second kappa shape index (κ2) is 5.09. The van der Waals surface area contributed by atoms with Crippen LogP contribution >= 0.6 is 0 Å². The summed E-state index contributed by atoms with van der Waals surface area (Å²) in [7, 11) is 0. The molecule has 1 atom stereocenters. The average Bonchev–Trinajstić information content (AvgIpc) is 2.29. The number of hydrogen-bond acceptors (Lipinski definition) is 2. The standard InChI is InChI=1S/C15H23NO/c1-12(2)11-15(8-3-4-9-16-15)13-6-5-7-14(17)10-13/h5-7,10,12,16-17H,3-4,8-9,11H2,1-2H3. The molecule has 1 heterocycles. The summed E-state index contributed by atoms with van der Waals surface area (Å²) in [4.78, 5) is 0. The Hall–Kier alpha value is -1.02. The first kappa shape index (κ1) is 12.4. The molecule has 1 aliphatic heterocycles. The number of aromatic hydroxyl groups is 1. The van der Waals surface area contributed by atoms with Gasteiger partial charge >= 0.3 is 0 Å². The molecule has 1 saturated heterocycles. The van der Waals surface area contributed by atoms with E-state index in [1.165, 1.54) is 24.8 Å². The Balaban J connectivity index is 2.31. The SMILES string of the molecule is CC(C)CC1(c2cccc(O)c2)CCCCN1. The Bertz CT molecular complexity index is 367. The van der Waals surface area contributed by atoms with Crippen LogP contribution in [0.2, 0.25) is 0 Å². The fourth-order valence-electron chi connectivity index (χ4n) is 3.01. The van der Waals surface area contributed by atoms with Crippen LogP contribution < -0.4 is 5.32 Å². The van der Waals surface area contributed by atoms with Crippen molar-refractivity contribution >= 4 is 0 Å². The zero-order valence-electron chi connectivity index (χ0n) is 10.9. The van der Waals surface area contributed by atoms with Gasteiger partial charge in [-0.1, -0.05) is 32.4 Å². The summed E-state index contributed by atoms with van der Waals surface area (Å²) in [6.45, 7) is 5.62.